The third-order valence-corrected chi connectivity index (χ3v) is 3.48. The van der Waals surface area contributed by atoms with Crippen molar-refractivity contribution in [2.75, 3.05) is 0 Å². The molecular weight excluding hydrogens is 267 g/mol. The normalized spacial score (nSPS) is 10.8. The molecule has 0 amide bonds. The van der Waals surface area contributed by atoms with Crippen LogP contribution in [0.3, 0.4) is 0 Å². The van der Waals surface area contributed by atoms with Crippen LogP contribution in [0.1, 0.15) is 5.56 Å². The maximum atomic E-state index is 13.5. The number of tetrazole rings is 1. The molecule has 0 saturated carbocycles. The Labute approximate surface area is 111 Å². The van der Waals surface area contributed by atoms with E-state index >= 15 is 0 Å². The number of nitrogens with zero attached hydrogens (tertiary/aromatic N) is 4. The molecule has 0 bridgehead atoms. The maximum Gasteiger partial charge on any atom is 0.369 e. The smallest absolute Gasteiger partial charge is 0.244 e. The fourth-order valence-corrected chi connectivity index (χ4v) is 2.36. The summed E-state index contributed by atoms with van der Waals surface area (Å²) in [6, 6.07) is 9.88. The molecule has 0 saturated heterocycles. The van der Waals surface area contributed by atoms with Crippen molar-refractivity contribution in [3.8, 4) is 5.00 Å². The summed E-state index contributed by atoms with van der Waals surface area (Å²) in [6.07, 6.45) is 0. The largest absolute Gasteiger partial charge is 0.369 e. The molecule has 2 aromatic heterocycles. The second kappa shape index (κ2) is 4.77. The van der Waals surface area contributed by atoms with Crippen molar-refractivity contribution in [1.82, 2.24) is 19.8 Å². The summed E-state index contributed by atoms with van der Waals surface area (Å²) in [7, 11) is 0. The third kappa shape index (κ3) is 2.19. The van der Waals surface area contributed by atoms with Crippen molar-refractivity contribution in [3.05, 3.63) is 63.6 Å². The van der Waals surface area contributed by atoms with Crippen molar-refractivity contribution in [3.63, 3.8) is 0 Å². The highest BCUT2D eigenvalue weighted by Gasteiger charge is 2.11. The lowest BCUT2D eigenvalue weighted by Gasteiger charge is -2.00. The van der Waals surface area contributed by atoms with E-state index in [1.54, 1.807) is 24.3 Å². The van der Waals surface area contributed by atoms with Crippen LogP contribution in [-0.2, 0) is 6.54 Å². The van der Waals surface area contributed by atoms with Crippen LogP contribution in [0.4, 0.5) is 4.39 Å². The van der Waals surface area contributed by atoms with Gasteiger partial charge in [-0.15, -0.1) is 11.3 Å². The Hall–Kier alpha value is -2.28. The van der Waals surface area contributed by atoms with Crippen molar-refractivity contribution in [1.29, 1.82) is 0 Å². The number of aromatic nitrogens is 4. The third-order valence-electron chi connectivity index (χ3n) is 2.63. The van der Waals surface area contributed by atoms with Crippen molar-refractivity contribution >= 4 is 11.3 Å². The Morgan fingerprint density at radius 1 is 1.16 bits per heavy atom. The number of hydrogen-bond acceptors (Lipinski definition) is 4. The molecule has 0 aliphatic carbocycles. The fraction of sp³-hybridized carbons (Fsp3) is 0.0833. The zero-order valence-corrected chi connectivity index (χ0v) is 10.5. The highest BCUT2D eigenvalue weighted by atomic mass is 32.1. The van der Waals surface area contributed by atoms with Crippen LogP contribution >= 0.6 is 11.3 Å². The number of halogens is 1. The SMILES string of the molecule is O=c1n(Cc2ccccc2F)nnn1-c1cccs1. The molecule has 0 aliphatic heterocycles. The molecular formula is C12H9FN4OS. The highest BCUT2D eigenvalue weighted by Crippen LogP contribution is 2.11. The summed E-state index contributed by atoms with van der Waals surface area (Å²) in [5.41, 5.74) is 0.0218. The summed E-state index contributed by atoms with van der Waals surface area (Å²) in [5, 5.41) is 10.1. The van der Waals surface area contributed by atoms with Gasteiger partial charge in [0.2, 0.25) is 0 Å². The van der Waals surface area contributed by atoms with E-state index in [0.717, 1.165) is 4.68 Å². The lowest BCUT2D eigenvalue weighted by molar-refractivity contribution is 0.570. The van der Waals surface area contributed by atoms with Crippen molar-refractivity contribution in [2.24, 2.45) is 0 Å². The predicted molar refractivity (Wildman–Crippen MR) is 69.0 cm³/mol. The molecule has 0 fully saturated rings. The average Bonchev–Trinajstić information content (AvgIpc) is 3.03. The number of benzene rings is 1. The lowest BCUT2D eigenvalue weighted by Crippen LogP contribution is -2.24. The van der Waals surface area contributed by atoms with Crippen LogP contribution in [-0.4, -0.2) is 19.8 Å². The summed E-state index contributed by atoms with van der Waals surface area (Å²) >= 11 is 1.39. The topological polar surface area (TPSA) is 52.7 Å². The second-order valence-corrected chi connectivity index (χ2v) is 4.80. The number of hydrogen-bond donors (Lipinski definition) is 0. The molecule has 2 heterocycles. The van der Waals surface area contributed by atoms with E-state index < -0.39 is 0 Å². The van der Waals surface area contributed by atoms with Gasteiger partial charge in [-0.3, -0.25) is 0 Å². The van der Waals surface area contributed by atoms with Crippen LogP contribution in [0, 0.1) is 5.82 Å². The quantitative estimate of drug-likeness (QED) is 0.731. The highest BCUT2D eigenvalue weighted by molar-refractivity contribution is 7.12. The average molecular weight is 276 g/mol. The minimum Gasteiger partial charge on any atom is -0.244 e. The minimum absolute atomic E-state index is 0.0664. The molecule has 3 rings (SSSR count). The standard InChI is InChI=1S/C12H9FN4OS/c13-10-5-2-1-4-9(10)8-16-12(18)17(15-14-16)11-6-3-7-19-11/h1-7H,8H2. The summed E-state index contributed by atoms with van der Waals surface area (Å²) in [5.74, 6) is -0.361. The fourth-order valence-electron chi connectivity index (χ4n) is 1.69. The first-order chi connectivity index (χ1) is 9.25. The molecule has 3 aromatic rings. The van der Waals surface area contributed by atoms with E-state index in [4.69, 9.17) is 0 Å². The zero-order chi connectivity index (χ0) is 13.2. The molecule has 7 heteroatoms. The molecule has 0 aliphatic rings. The first kappa shape index (κ1) is 11.8. The van der Waals surface area contributed by atoms with Crippen LogP contribution in [0.25, 0.3) is 5.00 Å². The van der Waals surface area contributed by atoms with Crippen molar-refractivity contribution in [2.45, 2.75) is 6.54 Å². The van der Waals surface area contributed by atoms with E-state index in [1.807, 2.05) is 11.4 Å². The maximum absolute atomic E-state index is 13.5. The van der Waals surface area contributed by atoms with E-state index in [-0.39, 0.29) is 18.1 Å². The first-order valence-electron chi connectivity index (χ1n) is 5.56. The van der Waals surface area contributed by atoms with Gasteiger partial charge >= 0.3 is 5.69 Å². The number of rotatable bonds is 3. The molecule has 5 nitrogen and oxygen atoms in total. The molecule has 0 atom stereocenters. The van der Waals surface area contributed by atoms with Crippen LogP contribution in [0.2, 0.25) is 0 Å². The van der Waals surface area contributed by atoms with E-state index in [2.05, 4.69) is 10.4 Å². The van der Waals surface area contributed by atoms with E-state index in [1.165, 1.54) is 22.1 Å². The Morgan fingerprint density at radius 3 is 2.74 bits per heavy atom. The monoisotopic (exact) mass is 276 g/mol. The van der Waals surface area contributed by atoms with Gasteiger partial charge in [0.05, 0.1) is 6.54 Å². The van der Waals surface area contributed by atoms with Gasteiger partial charge in [-0.1, -0.05) is 18.2 Å². The van der Waals surface area contributed by atoms with Crippen LogP contribution in [0.5, 0.6) is 0 Å². The van der Waals surface area contributed by atoms with Gasteiger partial charge in [0.25, 0.3) is 0 Å². The molecule has 96 valence electrons. The molecule has 19 heavy (non-hydrogen) atoms. The van der Waals surface area contributed by atoms with Crippen LogP contribution < -0.4 is 5.69 Å². The van der Waals surface area contributed by atoms with Crippen molar-refractivity contribution < 1.29 is 4.39 Å². The Bertz CT molecular complexity index is 747. The van der Waals surface area contributed by atoms with Gasteiger partial charge in [-0.25, -0.2) is 9.18 Å². The zero-order valence-electron chi connectivity index (χ0n) is 9.73. The Morgan fingerprint density at radius 2 is 2.00 bits per heavy atom. The minimum atomic E-state index is -0.384. The summed E-state index contributed by atoms with van der Waals surface area (Å²) in [4.78, 5) is 12.1. The van der Waals surface area contributed by atoms with Gasteiger partial charge < -0.3 is 0 Å². The van der Waals surface area contributed by atoms with Gasteiger partial charge in [-0.05, 0) is 34.0 Å². The second-order valence-electron chi connectivity index (χ2n) is 3.87. The Balaban J connectivity index is 1.96. The van der Waals surface area contributed by atoms with E-state index in [9.17, 15) is 9.18 Å². The lowest BCUT2D eigenvalue weighted by atomic mass is 10.2. The summed E-state index contributed by atoms with van der Waals surface area (Å²) < 4.78 is 15.9. The van der Waals surface area contributed by atoms with Gasteiger partial charge in [0.15, 0.2) is 0 Å². The molecule has 0 unspecified atom stereocenters. The predicted octanol–water partition coefficient (Wildman–Crippen LogP) is 1.68. The summed E-state index contributed by atoms with van der Waals surface area (Å²) in [6.45, 7) is 0.0664. The number of thiophene rings is 1. The molecule has 1 aromatic carbocycles. The first-order valence-corrected chi connectivity index (χ1v) is 6.44. The van der Waals surface area contributed by atoms with Gasteiger partial charge in [0, 0.05) is 5.56 Å². The van der Waals surface area contributed by atoms with E-state index in [0.29, 0.717) is 10.6 Å². The molecule has 0 radical (unpaired) electrons. The Kier molecular flexibility index (Phi) is 2.96. The van der Waals surface area contributed by atoms with Gasteiger partial charge in [-0.2, -0.15) is 9.36 Å². The van der Waals surface area contributed by atoms with Gasteiger partial charge in [0.1, 0.15) is 10.8 Å². The molecule has 0 spiro atoms. The molecule has 0 N–H and O–H groups in total. The van der Waals surface area contributed by atoms with Crippen LogP contribution in [0.15, 0.2) is 46.6 Å².